The molecule has 0 aliphatic heterocycles. The lowest BCUT2D eigenvalue weighted by Gasteiger charge is -2.03. The Bertz CT molecular complexity index is 641. The van der Waals surface area contributed by atoms with Crippen LogP contribution in [0.4, 0.5) is 0 Å². The van der Waals surface area contributed by atoms with Gasteiger partial charge in [0.25, 0.3) is 0 Å². The summed E-state index contributed by atoms with van der Waals surface area (Å²) in [6.45, 7) is 1.95. The highest BCUT2D eigenvalue weighted by molar-refractivity contribution is 6.00. The second-order valence-corrected chi connectivity index (χ2v) is 4.56. The van der Waals surface area contributed by atoms with Crippen LogP contribution in [0.2, 0.25) is 0 Å². The molecule has 0 bridgehead atoms. The number of rotatable bonds is 4. The van der Waals surface area contributed by atoms with Gasteiger partial charge < -0.3 is 9.67 Å². The van der Waals surface area contributed by atoms with Gasteiger partial charge in [0.1, 0.15) is 5.69 Å². The van der Waals surface area contributed by atoms with E-state index < -0.39 is 5.97 Å². The first-order valence-corrected chi connectivity index (χ1v) is 5.96. The molecule has 4 heteroatoms. The van der Waals surface area contributed by atoms with Gasteiger partial charge in [-0.2, -0.15) is 0 Å². The number of carboxylic acid groups (broad SMARTS) is 1. The maximum atomic E-state index is 12.1. The summed E-state index contributed by atoms with van der Waals surface area (Å²) in [4.78, 5) is 23.1. The fourth-order valence-corrected chi connectivity index (χ4v) is 2.01. The number of nitrogens with zero attached hydrogens (tertiary/aromatic N) is 1. The SMILES string of the molecule is Cc1ccccc1CC(=O)c1cc(C(=O)O)n(C)c1. The maximum absolute atomic E-state index is 12.1. The van der Waals surface area contributed by atoms with Gasteiger partial charge in [0.15, 0.2) is 5.78 Å². The normalized spacial score (nSPS) is 10.4. The van der Waals surface area contributed by atoms with Crippen LogP contribution < -0.4 is 0 Å². The molecule has 0 radical (unpaired) electrons. The number of carbonyl (C=O) groups is 2. The van der Waals surface area contributed by atoms with E-state index >= 15 is 0 Å². The smallest absolute Gasteiger partial charge is 0.352 e. The number of hydrogen-bond donors (Lipinski definition) is 1. The summed E-state index contributed by atoms with van der Waals surface area (Å²) < 4.78 is 1.45. The van der Waals surface area contributed by atoms with Gasteiger partial charge in [-0.1, -0.05) is 24.3 Å². The van der Waals surface area contributed by atoms with Gasteiger partial charge in [0.05, 0.1) is 0 Å². The van der Waals surface area contributed by atoms with Crippen molar-refractivity contribution in [2.45, 2.75) is 13.3 Å². The first-order chi connectivity index (χ1) is 8.99. The molecule has 0 unspecified atom stereocenters. The maximum Gasteiger partial charge on any atom is 0.352 e. The molecule has 98 valence electrons. The predicted octanol–water partition coefficient (Wildman–Crippen LogP) is 2.46. The van der Waals surface area contributed by atoms with E-state index in [0.29, 0.717) is 5.56 Å². The first kappa shape index (κ1) is 13.1. The Balaban J connectivity index is 2.24. The van der Waals surface area contributed by atoms with E-state index in [1.54, 1.807) is 13.2 Å². The number of carboxylic acids is 1. The van der Waals surface area contributed by atoms with Crippen molar-refractivity contribution in [3.8, 4) is 0 Å². The van der Waals surface area contributed by atoms with Crippen molar-refractivity contribution in [2.24, 2.45) is 7.05 Å². The lowest BCUT2D eigenvalue weighted by atomic mass is 10.0. The molecular formula is C15H15NO3. The summed E-state index contributed by atoms with van der Waals surface area (Å²) in [7, 11) is 1.62. The van der Waals surface area contributed by atoms with Gasteiger partial charge in [0.2, 0.25) is 0 Å². The molecule has 1 N–H and O–H groups in total. The molecule has 0 saturated heterocycles. The monoisotopic (exact) mass is 257 g/mol. The highest BCUT2D eigenvalue weighted by Gasteiger charge is 2.15. The second-order valence-electron chi connectivity index (χ2n) is 4.56. The number of carbonyl (C=O) groups excluding carboxylic acids is 1. The molecular weight excluding hydrogens is 242 g/mol. The molecule has 0 atom stereocenters. The quantitative estimate of drug-likeness (QED) is 0.856. The topological polar surface area (TPSA) is 59.3 Å². The van der Waals surface area contributed by atoms with E-state index in [-0.39, 0.29) is 17.9 Å². The molecule has 0 amide bonds. The predicted molar refractivity (Wildman–Crippen MR) is 71.6 cm³/mol. The molecule has 0 fully saturated rings. The Morgan fingerprint density at radius 3 is 2.53 bits per heavy atom. The number of benzene rings is 1. The molecule has 2 aromatic rings. The van der Waals surface area contributed by atoms with Gasteiger partial charge in [-0.3, -0.25) is 4.79 Å². The minimum Gasteiger partial charge on any atom is -0.477 e. The number of hydrogen-bond acceptors (Lipinski definition) is 2. The van der Waals surface area contributed by atoms with Crippen molar-refractivity contribution in [1.29, 1.82) is 0 Å². The molecule has 4 nitrogen and oxygen atoms in total. The van der Waals surface area contributed by atoms with Gasteiger partial charge in [-0.25, -0.2) is 4.79 Å². The molecule has 2 rings (SSSR count). The summed E-state index contributed by atoms with van der Waals surface area (Å²) in [6, 6.07) is 9.10. The van der Waals surface area contributed by atoms with E-state index in [4.69, 9.17) is 5.11 Å². The van der Waals surface area contributed by atoms with Crippen molar-refractivity contribution in [3.05, 3.63) is 58.9 Å². The largest absolute Gasteiger partial charge is 0.477 e. The van der Waals surface area contributed by atoms with Crippen LogP contribution in [0.5, 0.6) is 0 Å². The third-order valence-electron chi connectivity index (χ3n) is 3.16. The van der Waals surface area contributed by atoms with Crippen LogP contribution in [-0.2, 0) is 13.5 Å². The average Bonchev–Trinajstić information content (AvgIpc) is 2.74. The minimum atomic E-state index is -1.03. The summed E-state index contributed by atoms with van der Waals surface area (Å²) in [5.74, 6) is -1.10. The Hall–Kier alpha value is -2.36. The van der Waals surface area contributed by atoms with Crippen LogP contribution in [0, 0.1) is 6.92 Å². The Kier molecular flexibility index (Phi) is 3.51. The van der Waals surface area contributed by atoms with Gasteiger partial charge >= 0.3 is 5.97 Å². The van der Waals surface area contributed by atoms with E-state index in [2.05, 4.69) is 0 Å². The zero-order valence-electron chi connectivity index (χ0n) is 10.9. The summed E-state index contributed by atoms with van der Waals surface area (Å²) in [6.07, 6.45) is 1.85. The Morgan fingerprint density at radius 1 is 1.26 bits per heavy atom. The lowest BCUT2D eigenvalue weighted by Crippen LogP contribution is -2.03. The fraction of sp³-hybridized carbons (Fsp3) is 0.200. The van der Waals surface area contributed by atoms with Crippen LogP contribution in [0.25, 0.3) is 0 Å². The number of ketones is 1. The Morgan fingerprint density at radius 2 is 1.95 bits per heavy atom. The third-order valence-corrected chi connectivity index (χ3v) is 3.16. The van der Waals surface area contributed by atoms with Crippen molar-refractivity contribution >= 4 is 11.8 Å². The van der Waals surface area contributed by atoms with Crippen molar-refractivity contribution in [2.75, 3.05) is 0 Å². The van der Waals surface area contributed by atoms with Gasteiger partial charge in [0, 0.05) is 25.2 Å². The van der Waals surface area contributed by atoms with E-state index in [1.165, 1.54) is 10.6 Å². The van der Waals surface area contributed by atoms with E-state index in [0.717, 1.165) is 11.1 Å². The molecule has 0 aliphatic carbocycles. The Labute approximate surface area is 111 Å². The number of aromatic carboxylic acids is 1. The van der Waals surface area contributed by atoms with Crippen LogP contribution in [0.1, 0.15) is 32.0 Å². The number of aryl methyl sites for hydroxylation is 2. The zero-order chi connectivity index (χ0) is 14.0. The molecule has 0 aliphatic rings. The van der Waals surface area contributed by atoms with Gasteiger partial charge in [-0.15, -0.1) is 0 Å². The van der Waals surface area contributed by atoms with E-state index in [9.17, 15) is 9.59 Å². The minimum absolute atomic E-state index is 0.0719. The van der Waals surface area contributed by atoms with Crippen LogP contribution in [0.15, 0.2) is 36.5 Å². The highest BCUT2D eigenvalue weighted by atomic mass is 16.4. The molecule has 1 aromatic carbocycles. The average molecular weight is 257 g/mol. The zero-order valence-corrected chi connectivity index (χ0v) is 10.9. The summed E-state index contributed by atoms with van der Waals surface area (Å²) in [5.41, 5.74) is 2.58. The molecule has 1 heterocycles. The van der Waals surface area contributed by atoms with Crippen molar-refractivity contribution in [3.63, 3.8) is 0 Å². The summed E-state index contributed by atoms with van der Waals surface area (Å²) >= 11 is 0. The highest BCUT2D eigenvalue weighted by Crippen LogP contribution is 2.14. The summed E-state index contributed by atoms with van der Waals surface area (Å²) in [5, 5.41) is 8.96. The molecule has 0 spiro atoms. The third kappa shape index (κ3) is 2.73. The van der Waals surface area contributed by atoms with Crippen molar-refractivity contribution < 1.29 is 14.7 Å². The molecule has 1 aromatic heterocycles. The fourth-order valence-electron chi connectivity index (χ4n) is 2.01. The number of Topliss-reactive ketones (excluding diaryl/α,β-unsaturated/α-hetero) is 1. The van der Waals surface area contributed by atoms with Crippen LogP contribution in [-0.4, -0.2) is 21.4 Å². The molecule has 0 saturated carbocycles. The van der Waals surface area contributed by atoms with Crippen LogP contribution >= 0.6 is 0 Å². The second kappa shape index (κ2) is 5.10. The number of aromatic nitrogens is 1. The lowest BCUT2D eigenvalue weighted by molar-refractivity contribution is 0.0686. The standard InChI is InChI=1S/C15H15NO3/c1-10-5-3-4-6-11(10)8-14(17)12-7-13(15(18)19)16(2)9-12/h3-7,9H,8H2,1-2H3,(H,18,19). The van der Waals surface area contributed by atoms with E-state index in [1.807, 2.05) is 31.2 Å². The van der Waals surface area contributed by atoms with Crippen molar-refractivity contribution in [1.82, 2.24) is 4.57 Å². The van der Waals surface area contributed by atoms with Gasteiger partial charge in [-0.05, 0) is 24.1 Å². The first-order valence-electron chi connectivity index (χ1n) is 5.96. The molecule has 19 heavy (non-hydrogen) atoms. The van der Waals surface area contributed by atoms with Crippen LogP contribution in [0.3, 0.4) is 0 Å².